The maximum atomic E-state index is 12.2. The molecule has 3 N–H and O–H groups in total. The monoisotopic (exact) mass is 331 g/mol. The van der Waals surface area contributed by atoms with Gasteiger partial charge >= 0.3 is 0 Å². The second-order valence-electron chi connectivity index (χ2n) is 5.43. The summed E-state index contributed by atoms with van der Waals surface area (Å²) in [5.41, 5.74) is 7.68. The van der Waals surface area contributed by atoms with Crippen LogP contribution in [0.5, 0.6) is 0 Å². The van der Waals surface area contributed by atoms with E-state index in [9.17, 15) is 4.79 Å². The molecule has 2 aromatic rings. The van der Waals surface area contributed by atoms with Crippen LogP contribution < -0.4 is 11.1 Å². The van der Waals surface area contributed by atoms with Crippen molar-refractivity contribution in [3.05, 3.63) is 52.2 Å². The fraction of sp³-hybridized carbons (Fsp3) is 0.294. The highest BCUT2D eigenvalue weighted by atomic mass is 32.1. The molecule has 0 aliphatic heterocycles. The number of carbonyl (C=O) groups excluding carboxylic acids is 1. The lowest BCUT2D eigenvalue weighted by molar-refractivity contribution is -0.126. The predicted molar refractivity (Wildman–Crippen MR) is 94.8 cm³/mol. The molecular formula is C17H21N3O2S. The molecule has 0 aliphatic carbocycles. The van der Waals surface area contributed by atoms with E-state index in [-0.39, 0.29) is 11.7 Å². The average Bonchev–Trinajstić information content (AvgIpc) is 3.07. The Morgan fingerprint density at radius 1 is 1.22 bits per heavy atom. The van der Waals surface area contributed by atoms with Gasteiger partial charge in [-0.15, -0.1) is 11.3 Å². The van der Waals surface area contributed by atoms with Crippen LogP contribution in [0.15, 0.2) is 46.9 Å². The standard InChI is InChI=1S/C17H21N3O2S/c1-11(2)13-7-4-5-8-14(13)19-17(21)12(3)22-20-16(18)15-9-6-10-23-15/h4-12H,1-3H3,(H2,18,20)(H,19,21). The Labute approximate surface area is 140 Å². The number of nitrogens with zero attached hydrogens (tertiary/aromatic N) is 1. The molecule has 0 fully saturated rings. The Morgan fingerprint density at radius 3 is 2.61 bits per heavy atom. The van der Waals surface area contributed by atoms with E-state index in [1.165, 1.54) is 11.3 Å². The maximum Gasteiger partial charge on any atom is 0.267 e. The molecule has 122 valence electrons. The molecule has 0 saturated carbocycles. The number of rotatable bonds is 6. The second-order valence-corrected chi connectivity index (χ2v) is 6.38. The van der Waals surface area contributed by atoms with E-state index in [1.54, 1.807) is 6.92 Å². The summed E-state index contributed by atoms with van der Waals surface area (Å²) in [6, 6.07) is 11.4. The van der Waals surface area contributed by atoms with Crippen molar-refractivity contribution in [3.63, 3.8) is 0 Å². The summed E-state index contributed by atoms with van der Waals surface area (Å²) in [7, 11) is 0. The van der Waals surface area contributed by atoms with Crippen LogP contribution in [-0.2, 0) is 9.63 Å². The Balaban J connectivity index is 1.99. The van der Waals surface area contributed by atoms with Gasteiger partial charge in [0, 0.05) is 5.69 Å². The number of thiophene rings is 1. The number of nitrogens with two attached hydrogens (primary N) is 1. The minimum atomic E-state index is -0.742. The van der Waals surface area contributed by atoms with Crippen molar-refractivity contribution in [2.45, 2.75) is 32.8 Å². The molecule has 1 aromatic carbocycles. The van der Waals surface area contributed by atoms with Gasteiger partial charge < -0.3 is 15.9 Å². The van der Waals surface area contributed by atoms with Gasteiger partial charge in [-0.05, 0) is 35.9 Å². The molecule has 0 radical (unpaired) electrons. The van der Waals surface area contributed by atoms with Crippen LogP contribution >= 0.6 is 11.3 Å². The zero-order valence-corrected chi connectivity index (χ0v) is 14.3. The van der Waals surface area contributed by atoms with Gasteiger partial charge in [-0.3, -0.25) is 4.79 Å². The molecular weight excluding hydrogens is 310 g/mol. The lowest BCUT2D eigenvalue weighted by Gasteiger charge is -2.15. The van der Waals surface area contributed by atoms with Crippen LogP contribution in [-0.4, -0.2) is 17.8 Å². The molecule has 0 saturated heterocycles. The highest BCUT2D eigenvalue weighted by Gasteiger charge is 2.17. The lowest BCUT2D eigenvalue weighted by atomic mass is 10.0. The molecule has 1 atom stereocenters. The summed E-state index contributed by atoms with van der Waals surface area (Å²) in [6.45, 7) is 5.80. The molecule has 1 unspecified atom stereocenters. The molecule has 1 amide bonds. The number of nitrogens with one attached hydrogen (secondary N) is 1. The number of benzene rings is 1. The van der Waals surface area contributed by atoms with Crippen molar-refractivity contribution in [3.8, 4) is 0 Å². The van der Waals surface area contributed by atoms with Gasteiger partial charge in [-0.25, -0.2) is 0 Å². The largest absolute Gasteiger partial charge is 0.381 e. The predicted octanol–water partition coefficient (Wildman–Crippen LogP) is 3.54. The Morgan fingerprint density at radius 2 is 1.96 bits per heavy atom. The normalized spacial score (nSPS) is 13.0. The molecule has 6 heteroatoms. The van der Waals surface area contributed by atoms with Crippen molar-refractivity contribution in [2.75, 3.05) is 5.32 Å². The van der Waals surface area contributed by atoms with Crippen LogP contribution in [0.1, 0.15) is 37.1 Å². The summed E-state index contributed by atoms with van der Waals surface area (Å²) < 4.78 is 0. The van der Waals surface area contributed by atoms with E-state index in [1.807, 2.05) is 41.8 Å². The van der Waals surface area contributed by atoms with Gasteiger partial charge in [0.2, 0.25) is 6.10 Å². The van der Waals surface area contributed by atoms with E-state index in [0.717, 1.165) is 16.1 Å². The number of para-hydroxylation sites is 1. The topological polar surface area (TPSA) is 76.7 Å². The highest BCUT2D eigenvalue weighted by Crippen LogP contribution is 2.23. The summed E-state index contributed by atoms with van der Waals surface area (Å²) >= 11 is 1.46. The third kappa shape index (κ3) is 4.56. The van der Waals surface area contributed by atoms with Crippen molar-refractivity contribution in [1.29, 1.82) is 0 Å². The first-order chi connectivity index (χ1) is 11.0. The third-order valence-electron chi connectivity index (χ3n) is 3.29. The van der Waals surface area contributed by atoms with Gasteiger partial charge in [0.15, 0.2) is 5.84 Å². The quantitative estimate of drug-likeness (QED) is 0.483. The smallest absolute Gasteiger partial charge is 0.267 e. The SMILES string of the molecule is CC(O/N=C(\N)c1cccs1)C(=O)Nc1ccccc1C(C)C. The second kappa shape index (κ2) is 7.78. The first-order valence-electron chi connectivity index (χ1n) is 7.42. The molecule has 23 heavy (non-hydrogen) atoms. The Kier molecular flexibility index (Phi) is 5.76. The van der Waals surface area contributed by atoms with Crippen LogP contribution in [0.4, 0.5) is 5.69 Å². The number of oxime groups is 1. The maximum absolute atomic E-state index is 12.2. The van der Waals surface area contributed by atoms with Crippen molar-refractivity contribution < 1.29 is 9.63 Å². The number of amidine groups is 1. The molecule has 5 nitrogen and oxygen atoms in total. The van der Waals surface area contributed by atoms with Crippen molar-refractivity contribution in [1.82, 2.24) is 0 Å². The Hall–Kier alpha value is -2.34. The summed E-state index contributed by atoms with van der Waals surface area (Å²) in [5.74, 6) is 0.318. The zero-order chi connectivity index (χ0) is 16.8. The van der Waals surface area contributed by atoms with E-state index in [2.05, 4.69) is 24.3 Å². The Bertz CT molecular complexity index is 681. The fourth-order valence-electron chi connectivity index (χ4n) is 2.00. The van der Waals surface area contributed by atoms with Crippen molar-refractivity contribution >= 4 is 28.8 Å². The van der Waals surface area contributed by atoms with Crippen LogP contribution in [0.25, 0.3) is 0 Å². The van der Waals surface area contributed by atoms with Gasteiger partial charge in [0.05, 0.1) is 4.88 Å². The van der Waals surface area contributed by atoms with E-state index in [0.29, 0.717) is 5.92 Å². The third-order valence-corrected chi connectivity index (χ3v) is 4.19. The molecule has 1 heterocycles. The number of hydrogen-bond donors (Lipinski definition) is 2. The first kappa shape index (κ1) is 17.0. The van der Waals surface area contributed by atoms with Crippen LogP contribution in [0.2, 0.25) is 0 Å². The van der Waals surface area contributed by atoms with Gasteiger partial charge in [-0.1, -0.05) is 43.3 Å². The molecule has 2 rings (SSSR count). The van der Waals surface area contributed by atoms with Crippen molar-refractivity contribution in [2.24, 2.45) is 10.9 Å². The van der Waals surface area contributed by atoms with E-state index < -0.39 is 6.10 Å². The van der Waals surface area contributed by atoms with E-state index >= 15 is 0 Å². The van der Waals surface area contributed by atoms with E-state index in [4.69, 9.17) is 10.6 Å². The lowest BCUT2D eigenvalue weighted by Crippen LogP contribution is -2.28. The number of carbonyl (C=O) groups is 1. The van der Waals surface area contributed by atoms with Gasteiger partial charge in [0.25, 0.3) is 5.91 Å². The molecule has 0 bridgehead atoms. The zero-order valence-electron chi connectivity index (χ0n) is 13.4. The van der Waals surface area contributed by atoms with Gasteiger partial charge in [0.1, 0.15) is 0 Å². The van der Waals surface area contributed by atoms with Crippen LogP contribution in [0, 0.1) is 0 Å². The van der Waals surface area contributed by atoms with Crippen LogP contribution in [0.3, 0.4) is 0 Å². The minimum absolute atomic E-state index is 0.263. The summed E-state index contributed by atoms with van der Waals surface area (Å²) in [4.78, 5) is 18.3. The number of amides is 1. The number of hydrogen-bond acceptors (Lipinski definition) is 4. The first-order valence-corrected chi connectivity index (χ1v) is 8.30. The highest BCUT2D eigenvalue weighted by molar-refractivity contribution is 7.12. The molecule has 1 aromatic heterocycles. The summed E-state index contributed by atoms with van der Waals surface area (Å²) in [5, 5.41) is 8.61. The minimum Gasteiger partial charge on any atom is -0.381 e. The summed E-state index contributed by atoms with van der Waals surface area (Å²) in [6.07, 6.45) is -0.742. The fourth-order valence-corrected chi connectivity index (χ4v) is 2.62. The average molecular weight is 331 g/mol. The molecule has 0 spiro atoms. The van der Waals surface area contributed by atoms with Gasteiger partial charge in [-0.2, -0.15) is 0 Å². The number of anilines is 1. The molecule has 0 aliphatic rings.